The Morgan fingerprint density at radius 2 is 2.16 bits per heavy atom. The summed E-state index contributed by atoms with van der Waals surface area (Å²) in [6.07, 6.45) is 2.93. The van der Waals surface area contributed by atoms with Gasteiger partial charge < -0.3 is 14.9 Å². The summed E-state index contributed by atoms with van der Waals surface area (Å²) in [5.41, 5.74) is 6.44. The van der Waals surface area contributed by atoms with Crippen molar-refractivity contribution in [1.29, 1.82) is 0 Å². The Hall–Kier alpha value is -2.56. The molecule has 0 saturated heterocycles. The molecule has 0 bridgehead atoms. The van der Waals surface area contributed by atoms with E-state index < -0.39 is 5.97 Å². The van der Waals surface area contributed by atoms with E-state index in [1.807, 2.05) is 30.3 Å². The van der Waals surface area contributed by atoms with Gasteiger partial charge in [-0.25, -0.2) is 9.78 Å². The topological polar surface area (TPSA) is 78.4 Å². The van der Waals surface area contributed by atoms with Crippen LogP contribution in [0.1, 0.15) is 12.8 Å². The molecule has 0 aliphatic rings. The summed E-state index contributed by atoms with van der Waals surface area (Å²) in [5, 5.41) is 0. The van der Waals surface area contributed by atoms with Gasteiger partial charge in [-0.15, -0.1) is 0 Å². The van der Waals surface area contributed by atoms with E-state index in [4.69, 9.17) is 14.9 Å². The summed E-state index contributed by atoms with van der Waals surface area (Å²) in [4.78, 5) is 15.4. The van der Waals surface area contributed by atoms with E-state index in [1.165, 1.54) is 6.08 Å². The molecule has 0 aliphatic heterocycles. The van der Waals surface area contributed by atoms with Crippen molar-refractivity contribution in [2.45, 2.75) is 6.92 Å². The monoisotopic (exact) mass is 258 g/mol. The fourth-order valence-corrected chi connectivity index (χ4v) is 1.50. The van der Waals surface area contributed by atoms with Crippen LogP contribution >= 0.6 is 0 Å². The first-order chi connectivity index (χ1) is 9.20. The number of rotatable bonds is 4. The molecule has 0 spiro atoms. The third-order valence-corrected chi connectivity index (χ3v) is 2.37. The molecule has 2 aromatic rings. The molecule has 2 rings (SSSR count). The van der Waals surface area contributed by atoms with Crippen LogP contribution < -0.4 is 5.73 Å². The van der Waals surface area contributed by atoms with E-state index >= 15 is 0 Å². The van der Waals surface area contributed by atoms with Crippen molar-refractivity contribution < 1.29 is 13.9 Å². The van der Waals surface area contributed by atoms with Crippen LogP contribution in [0.25, 0.3) is 17.4 Å². The van der Waals surface area contributed by atoms with E-state index in [0.717, 1.165) is 5.56 Å². The molecule has 1 aromatic carbocycles. The summed E-state index contributed by atoms with van der Waals surface area (Å²) in [6.45, 7) is 1.98. The van der Waals surface area contributed by atoms with Gasteiger partial charge in [0.15, 0.2) is 5.76 Å². The standard InChI is InChI=1S/C14H14N2O3/c1-2-18-14(17)11(15)8-13-16-9-12(19-13)10-6-4-3-5-7-10/h3-9H,2,15H2,1H3/b11-8+. The Morgan fingerprint density at radius 1 is 1.42 bits per heavy atom. The van der Waals surface area contributed by atoms with Crippen LogP contribution in [-0.4, -0.2) is 17.6 Å². The minimum absolute atomic E-state index is 0.0386. The number of esters is 1. The molecule has 0 fully saturated rings. The zero-order chi connectivity index (χ0) is 13.7. The van der Waals surface area contributed by atoms with Gasteiger partial charge in [-0.05, 0) is 6.92 Å². The molecule has 0 unspecified atom stereocenters. The zero-order valence-corrected chi connectivity index (χ0v) is 10.5. The van der Waals surface area contributed by atoms with E-state index in [-0.39, 0.29) is 18.2 Å². The zero-order valence-electron chi connectivity index (χ0n) is 10.5. The van der Waals surface area contributed by atoms with Gasteiger partial charge in [-0.2, -0.15) is 0 Å². The number of ether oxygens (including phenoxy) is 1. The SMILES string of the molecule is CCOC(=O)/C(N)=C\c1ncc(-c2ccccc2)o1. The average Bonchev–Trinajstić information content (AvgIpc) is 2.88. The predicted octanol–water partition coefficient (Wildman–Crippen LogP) is 2.20. The quantitative estimate of drug-likeness (QED) is 0.672. The van der Waals surface area contributed by atoms with Crippen molar-refractivity contribution in [2.24, 2.45) is 5.73 Å². The van der Waals surface area contributed by atoms with E-state index in [0.29, 0.717) is 5.76 Å². The van der Waals surface area contributed by atoms with Crippen LogP contribution in [0.2, 0.25) is 0 Å². The molecule has 1 heterocycles. The third-order valence-electron chi connectivity index (χ3n) is 2.37. The van der Waals surface area contributed by atoms with Gasteiger partial charge in [-0.3, -0.25) is 0 Å². The molecule has 0 amide bonds. The minimum atomic E-state index is -0.582. The smallest absolute Gasteiger partial charge is 0.354 e. The van der Waals surface area contributed by atoms with Crippen LogP contribution in [0.5, 0.6) is 0 Å². The first-order valence-corrected chi connectivity index (χ1v) is 5.86. The summed E-state index contributed by atoms with van der Waals surface area (Å²) in [5.74, 6) is 0.301. The molecule has 2 N–H and O–H groups in total. The lowest BCUT2D eigenvalue weighted by molar-refractivity contribution is -0.138. The predicted molar refractivity (Wildman–Crippen MR) is 70.7 cm³/mol. The highest BCUT2D eigenvalue weighted by molar-refractivity contribution is 5.91. The molecule has 0 atom stereocenters. The summed E-state index contributed by atoms with van der Waals surface area (Å²) >= 11 is 0. The number of nitrogens with two attached hydrogens (primary N) is 1. The van der Waals surface area contributed by atoms with Crippen molar-refractivity contribution in [1.82, 2.24) is 4.98 Å². The number of nitrogens with zero attached hydrogens (tertiary/aromatic N) is 1. The second-order valence-electron chi connectivity index (χ2n) is 3.75. The highest BCUT2D eigenvalue weighted by atomic mass is 16.5. The molecule has 5 heteroatoms. The largest absolute Gasteiger partial charge is 0.461 e. The first-order valence-electron chi connectivity index (χ1n) is 5.86. The van der Waals surface area contributed by atoms with Crippen LogP contribution in [0.3, 0.4) is 0 Å². The molecular formula is C14H14N2O3. The molecule has 0 saturated carbocycles. The average molecular weight is 258 g/mol. The van der Waals surface area contributed by atoms with Gasteiger partial charge in [-0.1, -0.05) is 30.3 Å². The van der Waals surface area contributed by atoms with Crippen LogP contribution in [0, 0.1) is 0 Å². The lowest BCUT2D eigenvalue weighted by atomic mass is 10.2. The number of hydrogen-bond acceptors (Lipinski definition) is 5. The van der Waals surface area contributed by atoms with Gasteiger partial charge >= 0.3 is 5.97 Å². The Morgan fingerprint density at radius 3 is 2.84 bits per heavy atom. The Labute approximate surface area is 110 Å². The van der Waals surface area contributed by atoms with Crippen molar-refractivity contribution in [3.63, 3.8) is 0 Å². The molecule has 0 radical (unpaired) electrons. The highest BCUT2D eigenvalue weighted by Gasteiger charge is 2.09. The number of hydrogen-bond donors (Lipinski definition) is 1. The second kappa shape index (κ2) is 5.86. The van der Waals surface area contributed by atoms with E-state index in [2.05, 4.69) is 4.98 Å². The van der Waals surface area contributed by atoms with Crippen LogP contribution in [0.15, 0.2) is 46.6 Å². The summed E-state index contributed by atoms with van der Waals surface area (Å²) in [7, 11) is 0. The Kier molecular flexibility index (Phi) is 3.97. The summed E-state index contributed by atoms with van der Waals surface area (Å²) < 4.78 is 10.3. The van der Waals surface area contributed by atoms with Gasteiger partial charge in [0.1, 0.15) is 5.70 Å². The fourth-order valence-electron chi connectivity index (χ4n) is 1.50. The van der Waals surface area contributed by atoms with Gasteiger partial charge in [0, 0.05) is 11.6 Å². The maximum Gasteiger partial charge on any atom is 0.354 e. The lowest BCUT2D eigenvalue weighted by Crippen LogP contribution is -2.14. The van der Waals surface area contributed by atoms with Crippen molar-refractivity contribution in [3.05, 3.63) is 48.1 Å². The highest BCUT2D eigenvalue weighted by Crippen LogP contribution is 2.20. The molecular weight excluding hydrogens is 244 g/mol. The maximum atomic E-state index is 11.3. The number of benzene rings is 1. The molecule has 0 aliphatic carbocycles. The molecule has 5 nitrogen and oxygen atoms in total. The van der Waals surface area contributed by atoms with Crippen LogP contribution in [-0.2, 0) is 9.53 Å². The van der Waals surface area contributed by atoms with Gasteiger partial charge in [0.05, 0.1) is 12.8 Å². The minimum Gasteiger partial charge on any atom is -0.461 e. The van der Waals surface area contributed by atoms with Gasteiger partial charge in [0.25, 0.3) is 0 Å². The van der Waals surface area contributed by atoms with Crippen molar-refractivity contribution in [2.75, 3.05) is 6.61 Å². The van der Waals surface area contributed by atoms with Crippen molar-refractivity contribution >= 4 is 12.0 Å². The summed E-state index contributed by atoms with van der Waals surface area (Å²) in [6, 6.07) is 9.53. The number of carbonyl (C=O) groups excluding carboxylic acids is 1. The number of carbonyl (C=O) groups is 1. The maximum absolute atomic E-state index is 11.3. The Bertz CT molecular complexity index is 588. The lowest BCUT2D eigenvalue weighted by Gasteiger charge is -1.99. The normalized spacial score (nSPS) is 11.3. The Balaban J connectivity index is 2.18. The number of aromatic nitrogens is 1. The van der Waals surface area contributed by atoms with Crippen molar-refractivity contribution in [3.8, 4) is 11.3 Å². The first kappa shape index (κ1) is 12.9. The fraction of sp³-hybridized carbons (Fsp3) is 0.143. The third kappa shape index (κ3) is 3.22. The van der Waals surface area contributed by atoms with E-state index in [9.17, 15) is 4.79 Å². The molecule has 19 heavy (non-hydrogen) atoms. The molecule has 98 valence electrons. The number of oxazole rings is 1. The second-order valence-corrected chi connectivity index (χ2v) is 3.75. The van der Waals surface area contributed by atoms with Crippen LogP contribution in [0.4, 0.5) is 0 Å². The molecule has 1 aromatic heterocycles. The van der Waals surface area contributed by atoms with Gasteiger partial charge in [0.2, 0.25) is 5.89 Å². The van der Waals surface area contributed by atoms with E-state index in [1.54, 1.807) is 13.1 Å².